The topological polar surface area (TPSA) is 66.8 Å². The van der Waals surface area contributed by atoms with Gasteiger partial charge in [0.1, 0.15) is 17.1 Å². The Labute approximate surface area is 114 Å². The summed E-state index contributed by atoms with van der Waals surface area (Å²) in [6.07, 6.45) is 0. The van der Waals surface area contributed by atoms with Gasteiger partial charge in [0.25, 0.3) is 0 Å². The molecule has 0 aliphatic rings. The molecular weight excluding hydrogens is 268 g/mol. The highest BCUT2D eigenvalue weighted by Crippen LogP contribution is 2.38. The number of phenolic OH excluding ortho intramolecular Hbond substituents is 1. The number of hydrogen-bond donors (Lipinski definition) is 2. The van der Waals surface area contributed by atoms with Crippen LogP contribution < -0.4 is 4.74 Å². The van der Waals surface area contributed by atoms with E-state index in [0.29, 0.717) is 16.1 Å². The SMILES string of the molecule is COc1c(C(=O)O)cccc1-c1cc(O)ccc1Cl. The summed E-state index contributed by atoms with van der Waals surface area (Å²) in [6, 6.07) is 9.19. The zero-order chi connectivity index (χ0) is 14.0. The second-order valence-electron chi connectivity index (χ2n) is 3.86. The standard InChI is InChI=1S/C14H11ClO4/c1-19-13-9(3-2-4-10(13)14(17)18)11-7-8(16)5-6-12(11)15/h2-7,16H,1H3,(H,17,18). The van der Waals surface area contributed by atoms with E-state index in [2.05, 4.69) is 0 Å². The molecule has 0 aliphatic heterocycles. The quantitative estimate of drug-likeness (QED) is 0.903. The van der Waals surface area contributed by atoms with Crippen molar-refractivity contribution >= 4 is 17.6 Å². The Morgan fingerprint density at radius 2 is 1.95 bits per heavy atom. The van der Waals surface area contributed by atoms with E-state index in [9.17, 15) is 9.90 Å². The highest BCUT2D eigenvalue weighted by Gasteiger charge is 2.17. The zero-order valence-electron chi connectivity index (χ0n) is 10.1. The third-order valence-electron chi connectivity index (χ3n) is 2.69. The van der Waals surface area contributed by atoms with Gasteiger partial charge in [-0.3, -0.25) is 0 Å². The van der Waals surface area contributed by atoms with Crippen LogP contribution in [-0.2, 0) is 0 Å². The Balaban J connectivity index is 2.72. The van der Waals surface area contributed by atoms with E-state index >= 15 is 0 Å². The van der Waals surface area contributed by atoms with Crippen molar-refractivity contribution < 1.29 is 19.7 Å². The highest BCUT2D eigenvalue weighted by atomic mass is 35.5. The molecule has 2 aromatic carbocycles. The number of carbonyl (C=O) groups is 1. The van der Waals surface area contributed by atoms with Gasteiger partial charge in [-0.05, 0) is 24.3 Å². The van der Waals surface area contributed by atoms with E-state index in [1.54, 1.807) is 18.2 Å². The maximum absolute atomic E-state index is 11.2. The maximum atomic E-state index is 11.2. The first-order valence-corrected chi connectivity index (χ1v) is 5.81. The van der Waals surface area contributed by atoms with E-state index in [1.165, 1.54) is 25.3 Å². The van der Waals surface area contributed by atoms with Gasteiger partial charge in [-0.15, -0.1) is 0 Å². The van der Waals surface area contributed by atoms with Crippen molar-refractivity contribution in [2.24, 2.45) is 0 Å². The number of ether oxygens (including phenoxy) is 1. The molecular formula is C14H11ClO4. The molecule has 0 spiro atoms. The Hall–Kier alpha value is -2.20. The number of aromatic hydroxyl groups is 1. The minimum atomic E-state index is -1.09. The van der Waals surface area contributed by atoms with Crippen molar-refractivity contribution in [1.82, 2.24) is 0 Å². The van der Waals surface area contributed by atoms with Crippen LogP contribution in [0.15, 0.2) is 36.4 Å². The van der Waals surface area contributed by atoms with Crippen LogP contribution in [0.3, 0.4) is 0 Å². The summed E-state index contributed by atoms with van der Waals surface area (Å²) in [5.74, 6) is -0.834. The first-order valence-electron chi connectivity index (χ1n) is 5.43. The van der Waals surface area contributed by atoms with Gasteiger partial charge >= 0.3 is 5.97 Å². The van der Waals surface area contributed by atoms with Gasteiger partial charge in [0.05, 0.1) is 7.11 Å². The molecule has 5 heteroatoms. The van der Waals surface area contributed by atoms with Gasteiger partial charge in [0.15, 0.2) is 0 Å². The van der Waals surface area contributed by atoms with Crippen LogP contribution in [0.5, 0.6) is 11.5 Å². The number of carboxylic acid groups (broad SMARTS) is 1. The molecule has 0 aromatic heterocycles. The molecule has 19 heavy (non-hydrogen) atoms. The summed E-state index contributed by atoms with van der Waals surface area (Å²) in [5.41, 5.74) is 1.07. The van der Waals surface area contributed by atoms with Crippen molar-refractivity contribution in [2.75, 3.05) is 7.11 Å². The van der Waals surface area contributed by atoms with Gasteiger partial charge in [0, 0.05) is 16.1 Å². The minimum Gasteiger partial charge on any atom is -0.508 e. The Morgan fingerprint density at radius 3 is 2.58 bits per heavy atom. The molecule has 4 nitrogen and oxygen atoms in total. The summed E-state index contributed by atoms with van der Waals surface area (Å²) in [7, 11) is 1.39. The van der Waals surface area contributed by atoms with Gasteiger partial charge in [0.2, 0.25) is 0 Å². The number of carboxylic acids is 1. The fraction of sp³-hybridized carbons (Fsp3) is 0.0714. The lowest BCUT2D eigenvalue weighted by Crippen LogP contribution is -2.01. The van der Waals surface area contributed by atoms with Gasteiger partial charge < -0.3 is 14.9 Å². The van der Waals surface area contributed by atoms with Crippen LogP contribution in [-0.4, -0.2) is 23.3 Å². The van der Waals surface area contributed by atoms with Crippen molar-refractivity contribution in [3.8, 4) is 22.6 Å². The van der Waals surface area contributed by atoms with Crippen LogP contribution in [0.1, 0.15) is 10.4 Å². The number of halogens is 1. The second-order valence-corrected chi connectivity index (χ2v) is 4.26. The van der Waals surface area contributed by atoms with Gasteiger partial charge in [-0.2, -0.15) is 0 Å². The van der Waals surface area contributed by atoms with E-state index in [1.807, 2.05) is 0 Å². The largest absolute Gasteiger partial charge is 0.508 e. The molecule has 0 bridgehead atoms. The number of rotatable bonds is 3. The molecule has 0 radical (unpaired) electrons. The van der Waals surface area contributed by atoms with E-state index in [-0.39, 0.29) is 17.1 Å². The lowest BCUT2D eigenvalue weighted by molar-refractivity contribution is 0.0693. The van der Waals surface area contributed by atoms with E-state index < -0.39 is 5.97 Å². The zero-order valence-corrected chi connectivity index (χ0v) is 10.8. The highest BCUT2D eigenvalue weighted by molar-refractivity contribution is 6.33. The molecule has 0 heterocycles. The fourth-order valence-electron chi connectivity index (χ4n) is 1.86. The van der Waals surface area contributed by atoms with Crippen LogP contribution in [0.2, 0.25) is 5.02 Å². The summed E-state index contributed by atoms with van der Waals surface area (Å²) in [4.78, 5) is 11.2. The second kappa shape index (κ2) is 5.20. The minimum absolute atomic E-state index is 0.0411. The molecule has 0 unspecified atom stereocenters. The number of benzene rings is 2. The molecule has 0 fully saturated rings. The van der Waals surface area contributed by atoms with Gasteiger partial charge in [-0.25, -0.2) is 4.79 Å². The summed E-state index contributed by atoms with van der Waals surface area (Å²) in [6.45, 7) is 0. The monoisotopic (exact) mass is 278 g/mol. The summed E-state index contributed by atoms with van der Waals surface area (Å²) in [5, 5.41) is 19.1. The van der Waals surface area contributed by atoms with E-state index in [0.717, 1.165) is 0 Å². The average molecular weight is 279 g/mol. The Kier molecular flexibility index (Phi) is 3.62. The predicted molar refractivity (Wildman–Crippen MR) is 72.1 cm³/mol. The van der Waals surface area contributed by atoms with Crippen LogP contribution in [0, 0.1) is 0 Å². The van der Waals surface area contributed by atoms with Gasteiger partial charge in [-0.1, -0.05) is 23.7 Å². The molecule has 2 N–H and O–H groups in total. The third kappa shape index (κ3) is 2.48. The molecule has 0 atom stereocenters. The lowest BCUT2D eigenvalue weighted by Gasteiger charge is -2.12. The molecule has 0 amide bonds. The fourth-order valence-corrected chi connectivity index (χ4v) is 2.08. The Bertz CT molecular complexity index is 637. The van der Waals surface area contributed by atoms with Crippen LogP contribution in [0.25, 0.3) is 11.1 Å². The van der Waals surface area contributed by atoms with Crippen LogP contribution >= 0.6 is 11.6 Å². The maximum Gasteiger partial charge on any atom is 0.339 e. The number of hydrogen-bond acceptors (Lipinski definition) is 3. The Morgan fingerprint density at radius 1 is 1.21 bits per heavy atom. The lowest BCUT2D eigenvalue weighted by atomic mass is 10.0. The van der Waals surface area contributed by atoms with Crippen molar-refractivity contribution in [3.63, 3.8) is 0 Å². The normalized spacial score (nSPS) is 10.2. The average Bonchev–Trinajstić information content (AvgIpc) is 2.40. The predicted octanol–water partition coefficient (Wildman–Crippen LogP) is 3.42. The smallest absolute Gasteiger partial charge is 0.339 e. The number of phenols is 1. The molecule has 2 rings (SSSR count). The molecule has 0 saturated heterocycles. The van der Waals surface area contributed by atoms with Crippen molar-refractivity contribution in [2.45, 2.75) is 0 Å². The number of aromatic carboxylic acids is 1. The first-order chi connectivity index (χ1) is 9.04. The van der Waals surface area contributed by atoms with E-state index in [4.69, 9.17) is 21.4 Å². The molecule has 0 saturated carbocycles. The first kappa shape index (κ1) is 13.2. The summed E-state index contributed by atoms with van der Waals surface area (Å²) < 4.78 is 5.17. The summed E-state index contributed by atoms with van der Waals surface area (Å²) >= 11 is 6.08. The molecule has 2 aromatic rings. The van der Waals surface area contributed by atoms with Crippen molar-refractivity contribution in [1.29, 1.82) is 0 Å². The molecule has 98 valence electrons. The number of para-hydroxylation sites is 1. The molecule has 0 aliphatic carbocycles. The van der Waals surface area contributed by atoms with Crippen LogP contribution in [0.4, 0.5) is 0 Å². The third-order valence-corrected chi connectivity index (χ3v) is 3.02. The van der Waals surface area contributed by atoms with Crippen molar-refractivity contribution in [3.05, 3.63) is 47.0 Å². The number of methoxy groups -OCH3 is 1.